The van der Waals surface area contributed by atoms with E-state index in [1.165, 1.54) is 12.1 Å². The minimum absolute atomic E-state index is 0.268. The Labute approximate surface area is 124 Å². The summed E-state index contributed by atoms with van der Waals surface area (Å²) >= 11 is 0. The van der Waals surface area contributed by atoms with Gasteiger partial charge >= 0.3 is 0 Å². The van der Waals surface area contributed by atoms with Gasteiger partial charge < -0.3 is 4.52 Å². The van der Waals surface area contributed by atoms with Gasteiger partial charge in [-0.05, 0) is 35.4 Å². The van der Waals surface area contributed by atoms with Gasteiger partial charge in [0, 0.05) is 6.42 Å². The molecular formula is C16H11FN2O3. The molecule has 4 rings (SSSR count). The summed E-state index contributed by atoms with van der Waals surface area (Å²) in [4.78, 5) is 23.3. The van der Waals surface area contributed by atoms with Crippen molar-refractivity contribution in [3.05, 3.63) is 41.8 Å². The third-order valence-corrected chi connectivity index (χ3v) is 4.01. The lowest BCUT2D eigenvalue weighted by atomic mass is 9.91. The van der Waals surface area contributed by atoms with Crippen LogP contribution in [0.3, 0.4) is 0 Å². The monoisotopic (exact) mass is 298 g/mol. The lowest BCUT2D eigenvalue weighted by Crippen LogP contribution is -2.39. The highest BCUT2D eigenvalue weighted by Gasteiger charge is 2.32. The van der Waals surface area contributed by atoms with Crippen LogP contribution < -0.4 is 5.32 Å². The smallest absolute Gasteiger partial charge is 0.235 e. The summed E-state index contributed by atoms with van der Waals surface area (Å²) in [6.07, 6.45) is 0.661. The third-order valence-electron chi connectivity index (χ3n) is 4.01. The maximum Gasteiger partial charge on any atom is 0.235 e. The maximum absolute atomic E-state index is 13.4. The normalized spacial score (nSPS) is 18.9. The number of imide groups is 1. The first-order chi connectivity index (χ1) is 10.6. The van der Waals surface area contributed by atoms with Crippen LogP contribution in [0.25, 0.3) is 21.7 Å². The van der Waals surface area contributed by atoms with Gasteiger partial charge in [-0.1, -0.05) is 17.3 Å². The molecule has 5 nitrogen and oxygen atoms in total. The lowest BCUT2D eigenvalue weighted by Gasteiger charge is -2.19. The van der Waals surface area contributed by atoms with Gasteiger partial charge in [0.2, 0.25) is 11.8 Å². The Kier molecular flexibility index (Phi) is 2.72. The number of rotatable bonds is 1. The summed E-state index contributed by atoms with van der Waals surface area (Å²) in [5, 5.41) is 8.54. The average Bonchev–Trinajstić information content (AvgIpc) is 2.91. The number of hydrogen-bond acceptors (Lipinski definition) is 4. The van der Waals surface area contributed by atoms with Crippen LogP contribution >= 0.6 is 0 Å². The van der Waals surface area contributed by atoms with E-state index in [-0.39, 0.29) is 24.1 Å². The lowest BCUT2D eigenvalue weighted by molar-refractivity contribution is -0.134. The number of carbonyl (C=O) groups is 2. The van der Waals surface area contributed by atoms with Gasteiger partial charge in [-0.2, -0.15) is 0 Å². The number of hydrogen-bond donors (Lipinski definition) is 1. The number of benzene rings is 2. The molecule has 0 saturated carbocycles. The number of nitrogens with zero attached hydrogens (tertiary/aromatic N) is 1. The van der Waals surface area contributed by atoms with Crippen LogP contribution in [0.1, 0.15) is 24.5 Å². The van der Waals surface area contributed by atoms with Crippen LogP contribution in [0.2, 0.25) is 0 Å². The Morgan fingerprint density at radius 2 is 2.09 bits per heavy atom. The molecule has 2 aromatic carbocycles. The van der Waals surface area contributed by atoms with Crippen molar-refractivity contribution in [2.45, 2.75) is 18.8 Å². The molecule has 6 heteroatoms. The van der Waals surface area contributed by atoms with Gasteiger partial charge in [-0.3, -0.25) is 14.9 Å². The predicted molar refractivity (Wildman–Crippen MR) is 76.6 cm³/mol. The highest BCUT2D eigenvalue weighted by atomic mass is 19.1. The minimum Gasteiger partial charge on any atom is -0.356 e. The fourth-order valence-corrected chi connectivity index (χ4v) is 2.96. The molecule has 3 aromatic rings. The maximum atomic E-state index is 13.4. The summed E-state index contributed by atoms with van der Waals surface area (Å²) in [6.45, 7) is 0. The van der Waals surface area contributed by atoms with E-state index in [1.807, 2.05) is 0 Å². The Morgan fingerprint density at radius 1 is 1.23 bits per heavy atom. The Bertz CT molecular complexity index is 932. The van der Waals surface area contributed by atoms with Gasteiger partial charge in [0.25, 0.3) is 0 Å². The molecule has 0 bridgehead atoms. The molecule has 1 aromatic heterocycles. The van der Waals surface area contributed by atoms with Crippen molar-refractivity contribution in [1.82, 2.24) is 10.5 Å². The molecule has 1 fully saturated rings. The molecule has 0 radical (unpaired) electrons. The van der Waals surface area contributed by atoms with Crippen molar-refractivity contribution >= 4 is 33.6 Å². The second-order valence-electron chi connectivity index (χ2n) is 5.38. The highest BCUT2D eigenvalue weighted by molar-refractivity contribution is 6.09. The molecule has 1 saturated heterocycles. The number of nitrogens with one attached hydrogen (secondary N) is 1. The Balaban J connectivity index is 1.95. The number of fused-ring (bicyclic) bond motifs is 3. The molecule has 1 aliphatic rings. The topological polar surface area (TPSA) is 72.2 Å². The molecule has 2 heterocycles. The minimum atomic E-state index is -0.533. The van der Waals surface area contributed by atoms with Gasteiger partial charge in [0.1, 0.15) is 11.5 Å². The molecule has 2 amide bonds. The molecule has 1 aliphatic heterocycles. The average molecular weight is 298 g/mol. The van der Waals surface area contributed by atoms with Crippen molar-refractivity contribution in [1.29, 1.82) is 0 Å². The van der Waals surface area contributed by atoms with Crippen molar-refractivity contribution in [3.63, 3.8) is 0 Å². The molecule has 0 spiro atoms. The molecule has 0 aliphatic carbocycles. The summed E-state index contributed by atoms with van der Waals surface area (Å²) < 4.78 is 18.7. The third kappa shape index (κ3) is 1.88. The van der Waals surface area contributed by atoms with Gasteiger partial charge in [0.15, 0.2) is 5.58 Å². The summed E-state index contributed by atoms with van der Waals surface area (Å²) in [6, 6.07) is 7.90. The van der Waals surface area contributed by atoms with Gasteiger partial charge in [-0.15, -0.1) is 0 Å². The van der Waals surface area contributed by atoms with E-state index in [9.17, 15) is 14.0 Å². The number of amides is 2. The Morgan fingerprint density at radius 3 is 2.91 bits per heavy atom. The van der Waals surface area contributed by atoms with E-state index in [1.54, 1.807) is 18.2 Å². The largest absolute Gasteiger partial charge is 0.356 e. The van der Waals surface area contributed by atoms with Gasteiger partial charge in [0.05, 0.1) is 11.3 Å². The standard InChI is InChI=1S/C16H11FN2O3/c17-9-2-3-10-8(7-9)1-5-12-14(10)15(19-22-12)11-4-6-13(20)18-16(11)21/h1-3,5,7,11H,4,6H2,(H,18,20,21). The molecule has 1 unspecified atom stereocenters. The number of piperidine rings is 1. The van der Waals surface area contributed by atoms with Crippen molar-refractivity contribution in [3.8, 4) is 0 Å². The first-order valence-corrected chi connectivity index (χ1v) is 6.95. The fourth-order valence-electron chi connectivity index (χ4n) is 2.96. The van der Waals surface area contributed by atoms with E-state index >= 15 is 0 Å². The zero-order valence-corrected chi connectivity index (χ0v) is 11.4. The molecule has 1 N–H and O–H groups in total. The molecule has 110 valence electrons. The highest BCUT2D eigenvalue weighted by Crippen LogP contribution is 2.35. The van der Waals surface area contributed by atoms with Crippen LogP contribution in [0, 0.1) is 5.82 Å². The van der Waals surface area contributed by atoms with E-state index < -0.39 is 5.92 Å². The van der Waals surface area contributed by atoms with Crippen molar-refractivity contribution in [2.75, 3.05) is 0 Å². The Hall–Kier alpha value is -2.76. The van der Waals surface area contributed by atoms with Crippen molar-refractivity contribution < 1.29 is 18.5 Å². The first kappa shape index (κ1) is 12.9. The van der Waals surface area contributed by atoms with Crippen LogP contribution in [-0.2, 0) is 9.59 Å². The van der Waals surface area contributed by atoms with E-state index in [0.717, 1.165) is 5.39 Å². The summed E-state index contributed by atoms with van der Waals surface area (Å²) in [5.74, 6) is -1.51. The van der Waals surface area contributed by atoms with Crippen LogP contribution in [0.15, 0.2) is 34.9 Å². The number of halogens is 1. The predicted octanol–water partition coefficient (Wildman–Crippen LogP) is 2.64. The molecular weight excluding hydrogens is 287 g/mol. The van der Waals surface area contributed by atoms with Crippen LogP contribution in [0.4, 0.5) is 4.39 Å². The number of carbonyl (C=O) groups excluding carboxylic acids is 2. The zero-order chi connectivity index (χ0) is 15.3. The van der Waals surface area contributed by atoms with E-state index in [2.05, 4.69) is 10.5 Å². The molecule has 22 heavy (non-hydrogen) atoms. The van der Waals surface area contributed by atoms with E-state index in [0.29, 0.717) is 28.5 Å². The first-order valence-electron chi connectivity index (χ1n) is 6.95. The van der Waals surface area contributed by atoms with E-state index in [4.69, 9.17) is 4.52 Å². The summed E-state index contributed by atoms with van der Waals surface area (Å²) in [7, 11) is 0. The molecule has 1 atom stereocenters. The summed E-state index contributed by atoms with van der Waals surface area (Å²) in [5.41, 5.74) is 1.04. The number of aromatic nitrogens is 1. The SMILES string of the molecule is O=C1CCC(c2noc3ccc4cc(F)ccc4c23)C(=O)N1. The van der Waals surface area contributed by atoms with Gasteiger partial charge in [-0.25, -0.2) is 4.39 Å². The quantitative estimate of drug-likeness (QED) is 0.701. The fraction of sp³-hybridized carbons (Fsp3) is 0.188. The van der Waals surface area contributed by atoms with Crippen LogP contribution in [-0.4, -0.2) is 17.0 Å². The second kappa shape index (κ2) is 4.62. The van der Waals surface area contributed by atoms with Crippen molar-refractivity contribution in [2.24, 2.45) is 0 Å². The zero-order valence-electron chi connectivity index (χ0n) is 11.4. The second-order valence-corrected chi connectivity index (χ2v) is 5.38. The van der Waals surface area contributed by atoms with Crippen LogP contribution in [0.5, 0.6) is 0 Å².